The molecule has 0 amide bonds. The Bertz CT molecular complexity index is 667. The summed E-state index contributed by atoms with van der Waals surface area (Å²) < 4.78 is 11.8. The Morgan fingerprint density at radius 3 is 1.45 bits per heavy atom. The Labute approximate surface area is 138 Å². The van der Waals surface area contributed by atoms with Crippen LogP contribution >= 0.6 is 15.9 Å². The molecule has 0 spiro atoms. The highest BCUT2D eigenvalue weighted by Crippen LogP contribution is 2.30. The van der Waals surface area contributed by atoms with E-state index in [1.807, 2.05) is 78.9 Å². The molecule has 22 heavy (non-hydrogen) atoms. The van der Waals surface area contributed by atoms with Crippen LogP contribution in [0.25, 0.3) is 0 Å². The number of halogens is 1. The zero-order chi connectivity index (χ0) is 15.2. The molecule has 0 bridgehead atoms. The van der Waals surface area contributed by atoms with Gasteiger partial charge in [-0.15, -0.1) is 0 Å². The third-order valence-corrected chi connectivity index (χ3v) is 3.70. The van der Waals surface area contributed by atoms with Crippen LogP contribution in [0.1, 0.15) is 5.56 Å². The van der Waals surface area contributed by atoms with E-state index in [1.165, 1.54) is 0 Å². The van der Waals surface area contributed by atoms with E-state index in [2.05, 4.69) is 15.9 Å². The van der Waals surface area contributed by atoms with Crippen molar-refractivity contribution < 1.29 is 9.47 Å². The third kappa shape index (κ3) is 3.89. The molecule has 0 aliphatic heterocycles. The molecular formula is C19H15BrO2. The maximum Gasteiger partial charge on any atom is 0.131 e. The number of hydrogen-bond donors (Lipinski definition) is 0. The molecule has 0 saturated carbocycles. The van der Waals surface area contributed by atoms with Crippen molar-refractivity contribution in [3.05, 3.63) is 84.4 Å². The fraction of sp³-hybridized carbons (Fsp3) is 0.0526. The number of ether oxygens (including phenoxy) is 2. The van der Waals surface area contributed by atoms with Crippen molar-refractivity contribution >= 4 is 15.9 Å². The number of hydrogen-bond acceptors (Lipinski definition) is 2. The van der Waals surface area contributed by atoms with Gasteiger partial charge in [0, 0.05) is 11.4 Å². The zero-order valence-electron chi connectivity index (χ0n) is 11.9. The summed E-state index contributed by atoms with van der Waals surface area (Å²) >= 11 is 3.49. The van der Waals surface area contributed by atoms with Gasteiger partial charge < -0.3 is 9.47 Å². The second kappa shape index (κ2) is 7.14. The smallest absolute Gasteiger partial charge is 0.131 e. The summed E-state index contributed by atoms with van der Waals surface area (Å²) in [6.07, 6.45) is 0. The van der Waals surface area contributed by atoms with Crippen LogP contribution in [0.3, 0.4) is 0 Å². The van der Waals surface area contributed by atoms with E-state index in [0.717, 1.165) is 33.9 Å². The van der Waals surface area contributed by atoms with Crippen LogP contribution in [0.15, 0.2) is 78.9 Å². The minimum absolute atomic E-state index is 0.740. The Morgan fingerprint density at radius 1 is 0.591 bits per heavy atom. The van der Waals surface area contributed by atoms with Crippen molar-refractivity contribution in [1.29, 1.82) is 0 Å². The van der Waals surface area contributed by atoms with E-state index in [-0.39, 0.29) is 0 Å². The van der Waals surface area contributed by atoms with Gasteiger partial charge in [0.2, 0.25) is 0 Å². The maximum atomic E-state index is 5.90. The first-order valence-corrected chi connectivity index (χ1v) is 8.11. The Hall–Kier alpha value is -2.26. The van der Waals surface area contributed by atoms with Crippen LogP contribution in [0, 0.1) is 0 Å². The molecule has 0 unspecified atom stereocenters. The highest BCUT2D eigenvalue weighted by Gasteiger charge is 2.05. The lowest BCUT2D eigenvalue weighted by Crippen LogP contribution is -1.90. The summed E-state index contributed by atoms with van der Waals surface area (Å²) in [5.41, 5.74) is 1.10. The Balaban J connectivity index is 1.86. The Morgan fingerprint density at radius 2 is 1.05 bits per heavy atom. The van der Waals surface area contributed by atoms with Crippen molar-refractivity contribution in [3.63, 3.8) is 0 Å². The number of benzene rings is 3. The van der Waals surface area contributed by atoms with Crippen molar-refractivity contribution in [1.82, 2.24) is 0 Å². The monoisotopic (exact) mass is 354 g/mol. The summed E-state index contributed by atoms with van der Waals surface area (Å²) in [4.78, 5) is 0. The largest absolute Gasteiger partial charge is 0.457 e. The van der Waals surface area contributed by atoms with Gasteiger partial charge >= 0.3 is 0 Å². The summed E-state index contributed by atoms with van der Waals surface area (Å²) in [6, 6.07) is 25.3. The van der Waals surface area contributed by atoms with Gasteiger partial charge in [-0.3, -0.25) is 0 Å². The molecule has 0 heterocycles. The van der Waals surface area contributed by atoms with Crippen LogP contribution in [0.4, 0.5) is 0 Å². The molecule has 2 nitrogen and oxygen atoms in total. The van der Waals surface area contributed by atoms with Gasteiger partial charge in [0.15, 0.2) is 0 Å². The van der Waals surface area contributed by atoms with E-state index in [9.17, 15) is 0 Å². The van der Waals surface area contributed by atoms with Crippen molar-refractivity contribution in [3.8, 4) is 23.0 Å². The van der Waals surface area contributed by atoms with Crippen LogP contribution in [0.5, 0.6) is 23.0 Å². The Kier molecular flexibility index (Phi) is 4.76. The summed E-state index contributed by atoms with van der Waals surface area (Å²) in [5, 5.41) is 0.740. The highest BCUT2D eigenvalue weighted by molar-refractivity contribution is 9.08. The van der Waals surface area contributed by atoms with Crippen molar-refractivity contribution in [2.24, 2.45) is 0 Å². The standard InChI is InChI=1S/C19H15BrO2/c20-14-15-11-18(21-16-7-3-1-4-8-16)13-19(12-15)22-17-9-5-2-6-10-17/h1-13H,14H2. The topological polar surface area (TPSA) is 18.5 Å². The predicted molar refractivity (Wildman–Crippen MR) is 92.1 cm³/mol. The van der Waals surface area contributed by atoms with Crippen LogP contribution in [-0.2, 0) is 5.33 Å². The third-order valence-electron chi connectivity index (χ3n) is 3.05. The minimum atomic E-state index is 0.740. The lowest BCUT2D eigenvalue weighted by Gasteiger charge is -2.11. The molecule has 3 rings (SSSR count). The first kappa shape index (κ1) is 14.7. The highest BCUT2D eigenvalue weighted by atomic mass is 79.9. The van der Waals surface area contributed by atoms with E-state index in [0.29, 0.717) is 0 Å². The molecular weight excluding hydrogens is 340 g/mol. The summed E-state index contributed by atoms with van der Waals surface area (Å²) in [5.74, 6) is 3.13. The molecule has 0 N–H and O–H groups in total. The van der Waals surface area contributed by atoms with Crippen LogP contribution in [-0.4, -0.2) is 0 Å². The van der Waals surface area contributed by atoms with Gasteiger partial charge in [0.25, 0.3) is 0 Å². The molecule has 3 heteroatoms. The van der Waals surface area contributed by atoms with Gasteiger partial charge in [-0.1, -0.05) is 52.3 Å². The molecule has 0 saturated heterocycles. The van der Waals surface area contributed by atoms with Crippen molar-refractivity contribution in [2.75, 3.05) is 0 Å². The second-order valence-electron chi connectivity index (χ2n) is 4.78. The van der Waals surface area contributed by atoms with Gasteiger partial charge in [0.1, 0.15) is 23.0 Å². The molecule has 3 aromatic rings. The van der Waals surface area contributed by atoms with Crippen LogP contribution in [0.2, 0.25) is 0 Å². The van der Waals surface area contributed by atoms with E-state index < -0.39 is 0 Å². The molecule has 0 aliphatic carbocycles. The fourth-order valence-electron chi connectivity index (χ4n) is 2.07. The van der Waals surface area contributed by atoms with Gasteiger partial charge in [0.05, 0.1) is 0 Å². The summed E-state index contributed by atoms with van der Waals surface area (Å²) in [6.45, 7) is 0. The molecule has 0 atom stereocenters. The fourth-order valence-corrected chi connectivity index (χ4v) is 2.40. The minimum Gasteiger partial charge on any atom is -0.457 e. The first-order chi connectivity index (χ1) is 10.8. The molecule has 0 radical (unpaired) electrons. The van der Waals surface area contributed by atoms with E-state index >= 15 is 0 Å². The van der Waals surface area contributed by atoms with Gasteiger partial charge in [-0.25, -0.2) is 0 Å². The average molecular weight is 355 g/mol. The number of alkyl halides is 1. The average Bonchev–Trinajstić information content (AvgIpc) is 2.56. The number of para-hydroxylation sites is 2. The SMILES string of the molecule is BrCc1cc(Oc2ccccc2)cc(Oc2ccccc2)c1. The van der Waals surface area contributed by atoms with Crippen molar-refractivity contribution in [2.45, 2.75) is 5.33 Å². The molecule has 110 valence electrons. The first-order valence-electron chi connectivity index (χ1n) is 6.99. The molecule has 3 aromatic carbocycles. The second-order valence-corrected chi connectivity index (χ2v) is 5.34. The maximum absolute atomic E-state index is 5.90. The van der Waals surface area contributed by atoms with E-state index in [1.54, 1.807) is 0 Å². The van der Waals surface area contributed by atoms with Gasteiger partial charge in [-0.2, -0.15) is 0 Å². The summed E-state index contributed by atoms with van der Waals surface area (Å²) in [7, 11) is 0. The zero-order valence-corrected chi connectivity index (χ0v) is 13.5. The molecule has 0 fully saturated rings. The lowest BCUT2D eigenvalue weighted by atomic mass is 10.2. The van der Waals surface area contributed by atoms with Gasteiger partial charge in [-0.05, 0) is 42.0 Å². The number of rotatable bonds is 5. The normalized spacial score (nSPS) is 10.2. The molecule has 0 aromatic heterocycles. The van der Waals surface area contributed by atoms with Crippen LogP contribution < -0.4 is 9.47 Å². The quantitative estimate of drug-likeness (QED) is 0.510. The van der Waals surface area contributed by atoms with E-state index in [4.69, 9.17) is 9.47 Å². The molecule has 0 aliphatic rings. The predicted octanol–water partition coefficient (Wildman–Crippen LogP) is 6.17. The lowest BCUT2D eigenvalue weighted by molar-refractivity contribution is 0.459.